The highest BCUT2D eigenvalue weighted by Crippen LogP contribution is 2.14. The molecule has 1 aliphatic rings. The predicted molar refractivity (Wildman–Crippen MR) is 105 cm³/mol. The van der Waals surface area contributed by atoms with Crippen LogP contribution in [0.2, 0.25) is 0 Å². The lowest BCUT2D eigenvalue weighted by Gasteiger charge is -2.36. The zero-order valence-electron chi connectivity index (χ0n) is 15.8. The summed E-state index contributed by atoms with van der Waals surface area (Å²) in [5.41, 5.74) is 6.78. The number of likely N-dealkylation sites (tertiary alicyclic amines) is 1. The zero-order valence-corrected chi connectivity index (χ0v) is 16.7. The number of rotatable bonds is 6. The van der Waals surface area contributed by atoms with Gasteiger partial charge in [-0.25, -0.2) is 4.79 Å². The molecule has 2 amide bonds. The van der Waals surface area contributed by atoms with E-state index in [4.69, 9.17) is 10.5 Å². The van der Waals surface area contributed by atoms with Gasteiger partial charge >= 0.3 is 6.09 Å². The number of benzene rings is 1. The van der Waals surface area contributed by atoms with Crippen molar-refractivity contribution >= 4 is 24.4 Å². The highest BCUT2D eigenvalue weighted by Gasteiger charge is 2.32. The van der Waals surface area contributed by atoms with Gasteiger partial charge in [-0.2, -0.15) is 0 Å². The van der Waals surface area contributed by atoms with Crippen LogP contribution in [0, 0.1) is 5.92 Å². The Bertz CT molecular complexity index is 600. The normalized spacial score (nSPS) is 20.6. The lowest BCUT2D eigenvalue weighted by atomic mass is 10.00. The lowest BCUT2D eigenvalue weighted by molar-refractivity contribution is -0.124. The molecule has 0 aliphatic carbocycles. The van der Waals surface area contributed by atoms with Crippen LogP contribution in [-0.2, 0) is 16.1 Å². The molecule has 3 atom stereocenters. The Balaban J connectivity index is 0.00000364. The van der Waals surface area contributed by atoms with Crippen LogP contribution in [0.25, 0.3) is 0 Å². The lowest BCUT2D eigenvalue weighted by Crippen LogP contribution is -2.57. The van der Waals surface area contributed by atoms with Gasteiger partial charge in [0.1, 0.15) is 6.61 Å². The summed E-state index contributed by atoms with van der Waals surface area (Å²) in [6.45, 7) is 4.73. The molecule has 1 heterocycles. The van der Waals surface area contributed by atoms with Crippen molar-refractivity contribution < 1.29 is 19.4 Å². The number of nitrogens with one attached hydrogen (secondary N) is 1. The second kappa shape index (κ2) is 11.1. The molecule has 0 bridgehead atoms. The molecule has 2 unspecified atom stereocenters. The Morgan fingerprint density at radius 2 is 2.00 bits per heavy atom. The Kier molecular flexibility index (Phi) is 9.55. The first kappa shape index (κ1) is 23.2. The monoisotopic (exact) mass is 399 g/mol. The third-order valence-corrected chi connectivity index (χ3v) is 4.44. The summed E-state index contributed by atoms with van der Waals surface area (Å²) in [6.07, 6.45) is -0.258. The van der Waals surface area contributed by atoms with Crippen molar-refractivity contribution in [3.8, 4) is 0 Å². The molecular weight excluding hydrogens is 370 g/mol. The summed E-state index contributed by atoms with van der Waals surface area (Å²) in [4.78, 5) is 25.7. The Morgan fingerprint density at radius 3 is 2.59 bits per heavy atom. The van der Waals surface area contributed by atoms with Gasteiger partial charge in [0.25, 0.3) is 0 Å². The van der Waals surface area contributed by atoms with E-state index in [-0.39, 0.29) is 31.5 Å². The van der Waals surface area contributed by atoms with Gasteiger partial charge in [-0.1, -0.05) is 44.2 Å². The summed E-state index contributed by atoms with van der Waals surface area (Å²) >= 11 is 0. The van der Waals surface area contributed by atoms with Gasteiger partial charge in [0.2, 0.25) is 5.91 Å². The number of hydrogen-bond donors (Lipinski definition) is 3. The van der Waals surface area contributed by atoms with Crippen molar-refractivity contribution in [1.82, 2.24) is 10.2 Å². The van der Waals surface area contributed by atoms with Crippen LogP contribution in [0.1, 0.15) is 32.3 Å². The number of ether oxygens (including phenoxy) is 1. The van der Waals surface area contributed by atoms with E-state index in [2.05, 4.69) is 5.32 Å². The van der Waals surface area contributed by atoms with E-state index >= 15 is 0 Å². The number of β-amino-alcohol motifs (C(OH)–C–C–N with tert-alkyl or cyclic N) is 1. The van der Waals surface area contributed by atoms with E-state index in [1.165, 1.54) is 4.90 Å². The maximum Gasteiger partial charge on any atom is 0.410 e. The number of amides is 2. The number of halogens is 1. The molecule has 152 valence electrons. The minimum atomic E-state index is -0.844. The SMILES string of the molecule is CC(C)C[C@H](N)C(=O)NC1CCN(C(=O)OCc2ccccc2)CC1O.Cl. The average Bonchev–Trinajstić information content (AvgIpc) is 2.61. The predicted octanol–water partition coefficient (Wildman–Crippen LogP) is 1.67. The number of carbonyl (C=O) groups excluding carboxylic acids is 2. The summed E-state index contributed by atoms with van der Waals surface area (Å²) in [7, 11) is 0. The van der Waals surface area contributed by atoms with E-state index in [0.717, 1.165) is 5.56 Å². The summed E-state index contributed by atoms with van der Waals surface area (Å²) < 4.78 is 5.28. The molecule has 0 aromatic heterocycles. The van der Waals surface area contributed by atoms with Gasteiger partial charge in [-0.05, 0) is 24.3 Å². The van der Waals surface area contributed by atoms with Gasteiger partial charge in [0.15, 0.2) is 0 Å². The number of piperidine rings is 1. The third-order valence-electron chi connectivity index (χ3n) is 4.44. The molecular formula is C19H30ClN3O4. The van der Waals surface area contributed by atoms with Crippen LogP contribution in [0.5, 0.6) is 0 Å². The second-order valence-corrected chi connectivity index (χ2v) is 7.19. The van der Waals surface area contributed by atoms with Crippen LogP contribution in [0.3, 0.4) is 0 Å². The molecule has 1 saturated heterocycles. The summed E-state index contributed by atoms with van der Waals surface area (Å²) in [6, 6.07) is 8.42. The van der Waals surface area contributed by atoms with Crippen LogP contribution in [0.15, 0.2) is 30.3 Å². The smallest absolute Gasteiger partial charge is 0.410 e. The van der Waals surface area contributed by atoms with Crippen molar-refractivity contribution in [2.24, 2.45) is 11.7 Å². The number of nitrogens with two attached hydrogens (primary N) is 1. The molecule has 1 fully saturated rings. The van der Waals surface area contributed by atoms with E-state index in [9.17, 15) is 14.7 Å². The fourth-order valence-corrected chi connectivity index (χ4v) is 2.98. The second-order valence-electron chi connectivity index (χ2n) is 7.19. The molecule has 2 rings (SSSR count). The largest absolute Gasteiger partial charge is 0.445 e. The number of aliphatic hydroxyl groups is 1. The van der Waals surface area contributed by atoms with Crippen molar-refractivity contribution in [3.05, 3.63) is 35.9 Å². The van der Waals surface area contributed by atoms with Gasteiger partial charge in [-0.3, -0.25) is 4.79 Å². The van der Waals surface area contributed by atoms with Crippen molar-refractivity contribution in [2.45, 2.75) is 51.5 Å². The molecule has 0 saturated carbocycles. The van der Waals surface area contributed by atoms with Crippen molar-refractivity contribution in [1.29, 1.82) is 0 Å². The fourth-order valence-electron chi connectivity index (χ4n) is 2.98. The van der Waals surface area contributed by atoms with Crippen LogP contribution in [0.4, 0.5) is 4.79 Å². The van der Waals surface area contributed by atoms with Gasteiger partial charge in [-0.15, -0.1) is 12.4 Å². The maximum absolute atomic E-state index is 12.2. The van der Waals surface area contributed by atoms with Crippen LogP contribution < -0.4 is 11.1 Å². The van der Waals surface area contributed by atoms with Crippen LogP contribution >= 0.6 is 12.4 Å². The molecule has 1 aromatic rings. The highest BCUT2D eigenvalue weighted by molar-refractivity contribution is 5.85. The van der Waals surface area contributed by atoms with E-state index in [1.807, 2.05) is 44.2 Å². The quantitative estimate of drug-likeness (QED) is 0.674. The minimum Gasteiger partial charge on any atom is -0.445 e. The Labute approximate surface area is 166 Å². The van der Waals surface area contributed by atoms with Gasteiger partial charge < -0.3 is 25.8 Å². The topological polar surface area (TPSA) is 105 Å². The maximum atomic E-state index is 12.2. The molecule has 8 heteroatoms. The van der Waals surface area contributed by atoms with Gasteiger partial charge in [0.05, 0.1) is 24.7 Å². The number of carbonyl (C=O) groups is 2. The molecule has 0 radical (unpaired) electrons. The summed E-state index contributed by atoms with van der Waals surface area (Å²) in [5, 5.41) is 13.1. The van der Waals surface area contributed by atoms with E-state index in [0.29, 0.717) is 25.3 Å². The Morgan fingerprint density at radius 1 is 1.33 bits per heavy atom. The molecule has 27 heavy (non-hydrogen) atoms. The van der Waals surface area contributed by atoms with E-state index in [1.54, 1.807) is 0 Å². The first-order valence-electron chi connectivity index (χ1n) is 9.06. The summed E-state index contributed by atoms with van der Waals surface area (Å²) in [5.74, 6) is 0.0600. The molecule has 4 N–H and O–H groups in total. The zero-order chi connectivity index (χ0) is 19.1. The molecule has 7 nitrogen and oxygen atoms in total. The first-order chi connectivity index (χ1) is 12.4. The highest BCUT2D eigenvalue weighted by atomic mass is 35.5. The standard InChI is InChI=1S/C19H29N3O4.ClH/c1-13(2)10-15(20)18(24)21-16-8-9-22(11-17(16)23)19(25)26-12-14-6-4-3-5-7-14;/h3-7,13,15-17,23H,8-12,20H2,1-2H3,(H,21,24);1H/t15-,16?,17?;/m0./s1. The first-order valence-corrected chi connectivity index (χ1v) is 9.06. The Hall–Kier alpha value is -1.83. The van der Waals surface area contributed by atoms with Gasteiger partial charge in [0, 0.05) is 6.54 Å². The fraction of sp³-hybridized carbons (Fsp3) is 0.579. The minimum absolute atomic E-state index is 0. The molecule has 1 aromatic carbocycles. The number of nitrogens with zero attached hydrogens (tertiary/aromatic N) is 1. The molecule has 1 aliphatic heterocycles. The van der Waals surface area contributed by atoms with Crippen LogP contribution in [-0.4, -0.2) is 53.3 Å². The van der Waals surface area contributed by atoms with Crippen molar-refractivity contribution in [3.63, 3.8) is 0 Å². The van der Waals surface area contributed by atoms with Crippen molar-refractivity contribution in [2.75, 3.05) is 13.1 Å². The average molecular weight is 400 g/mol. The van der Waals surface area contributed by atoms with E-state index < -0.39 is 24.3 Å². The third kappa shape index (κ3) is 7.36. The number of hydrogen-bond acceptors (Lipinski definition) is 5. The number of aliphatic hydroxyl groups excluding tert-OH is 1. The molecule has 0 spiro atoms.